The Hall–Kier alpha value is -2.18. The summed E-state index contributed by atoms with van der Waals surface area (Å²) in [7, 11) is 0. The van der Waals surface area contributed by atoms with Crippen molar-refractivity contribution in [2.24, 2.45) is 0 Å². The van der Waals surface area contributed by atoms with Gasteiger partial charge in [-0.25, -0.2) is 4.98 Å². The van der Waals surface area contributed by atoms with Gasteiger partial charge in [-0.15, -0.1) is 11.3 Å². The number of carbonyl (C=O) groups is 1. The highest BCUT2D eigenvalue weighted by Crippen LogP contribution is 2.22. The van der Waals surface area contributed by atoms with Crippen molar-refractivity contribution in [3.8, 4) is 11.3 Å². The van der Waals surface area contributed by atoms with Crippen LogP contribution in [0.2, 0.25) is 5.02 Å². The van der Waals surface area contributed by atoms with Crippen LogP contribution in [0, 0.1) is 0 Å². The van der Waals surface area contributed by atoms with Gasteiger partial charge in [-0.3, -0.25) is 9.89 Å². The average molecular weight is 361 g/mol. The van der Waals surface area contributed by atoms with E-state index in [0.29, 0.717) is 28.9 Å². The summed E-state index contributed by atoms with van der Waals surface area (Å²) in [5.74, 6) is 0.183. The van der Waals surface area contributed by atoms with Gasteiger partial charge in [-0.1, -0.05) is 37.6 Å². The molecule has 0 aliphatic carbocycles. The van der Waals surface area contributed by atoms with Gasteiger partial charge in [-0.05, 0) is 18.2 Å². The van der Waals surface area contributed by atoms with E-state index in [1.807, 2.05) is 23.6 Å². The first-order chi connectivity index (χ1) is 11.5. The quantitative estimate of drug-likeness (QED) is 0.714. The summed E-state index contributed by atoms with van der Waals surface area (Å²) in [4.78, 5) is 16.7. The number of nitrogens with one attached hydrogen (secondary N) is 2. The van der Waals surface area contributed by atoms with Crippen LogP contribution >= 0.6 is 22.9 Å². The SMILES string of the molecule is CC(C)c1nc(CNC(=O)c2cc(-c3cccc(Cl)c3)n[nH]2)cs1. The molecule has 0 spiro atoms. The molecule has 3 rings (SSSR count). The maximum atomic E-state index is 12.2. The molecule has 24 heavy (non-hydrogen) atoms. The number of aromatic amines is 1. The van der Waals surface area contributed by atoms with Crippen LogP contribution in [-0.4, -0.2) is 21.1 Å². The molecule has 2 N–H and O–H groups in total. The molecule has 124 valence electrons. The van der Waals surface area contributed by atoms with Gasteiger partial charge in [0.05, 0.1) is 22.9 Å². The second-order valence-corrected chi connectivity index (χ2v) is 7.02. The molecule has 0 aliphatic rings. The van der Waals surface area contributed by atoms with Crippen molar-refractivity contribution in [3.05, 3.63) is 57.1 Å². The molecule has 0 radical (unpaired) electrons. The summed E-state index contributed by atoms with van der Waals surface area (Å²) >= 11 is 7.60. The molecule has 7 heteroatoms. The molecule has 0 aliphatic heterocycles. The van der Waals surface area contributed by atoms with E-state index in [-0.39, 0.29) is 5.91 Å². The number of nitrogens with zero attached hydrogens (tertiary/aromatic N) is 2. The fraction of sp³-hybridized carbons (Fsp3) is 0.235. The predicted molar refractivity (Wildman–Crippen MR) is 96.4 cm³/mol. The molecule has 1 aromatic carbocycles. The Labute approximate surface area is 149 Å². The van der Waals surface area contributed by atoms with Crippen LogP contribution in [0.5, 0.6) is 0 Å². The van der Waals surface area contributed by atoms with Crippen molar-refractivity contribution in [3.63, 3.8) is 0 Å². The fourth-order valence-electron chi connectivity index (χ4n) is 2.17. The van der Waals surface area contributed by atoms with Crippen molar-refractivity contribution in [2.75, 3.05) is 0 Å². The van der Waals surface area contributed by atoms with E-state index in [0.717, 1.165) is 16.3 Å². The summed E-state index contributed by atoms with van der Waals surface area (Å²) < 4.78 is 0. The van der Waals surface area contributed by atoms with Crippen molar-refractivity contribution >= 4 is 28.8 Å². The maximum Gasteiger partial charge on any atom is 0.269 e. The van der Waals surface area contributed by atoms with Gasteiger partial charge in [0.2, 0.25) is 0 Å². The normalized spacial score (nSPS) is 11.0. The number of hydrogen-bond donors (Lipinski definition) is 2. The van der Waals surface area contributed by atoms with Crippen molar-refractivity contribution < 1.29 is 4.79 Å². The second kappa shape index (κ2) is 7.15. The van der Waals surface area contributed by atoms with Gasteiger partial charge in [-0.2, -0.15) is 5.10 Å². The van der Waals surface area contributed by atoms with Crippen LogP contribution in [0.25, 0.3) is 11.3 Å². The zero-order valence-electron chi connectivity index (χ0n) is 13.3. The first-order valence-electron chi connectivity index (χ1n) is 7.57. The average Bonchev–Trinajstić information content (AvgIpc) is 3.22. The van der Waals surface area contributed by atoms with Crippen LogP contribution < -0.4 is 5.32 Å². The molecule has 2 heterocycles. The summed E-state index contributed by atoms with van der Waals surface area (Å²) in [6.45, 7) is 4.60. The Balaban J connectivity index is 1.65. The van der Waals surface area contributed by atoms with Gasteiger partial charge in [0, 0.05) is 21.9 Å². The van der Waals surface area contributed by atoms with Crippen LogP contribution in [0.15, 0.2) is 35.7 Å². The van der Waals surface area contributed by atoms with Gasteiger partial charge in [0.25, 0.3) is 5.91 Å². The predicted octanol–water partition coefficient (Wildman–Crippen LogP) is 4.24. The number of hydrogen-bond acceptors (Lipinski definition) is 4. The van der Waals surface area contributed by atoms with Crippen molar-refractivity contribution in [1.29, 1.82) is 0 Å². The smallest absolute Gasteiger partial charge is 0.269 e. The lowest BCUT2D eigenvalue weighted by Crippen LogP contribution is -2.23. The summed E-state index contributed by atoms with van der Waals surface area (Å²) in [6.07, 6.45) is 0. The largest absolute Gasteiger partial charge is 0.345 e. The minimum absolute atomic E-state index is 0.213. The lowest BCUT2D eigenvalue weighted by Gasteiger charge is -2.01. The molecule has 0 unspecified atom stereocenters. The molecular weight excluding hydrogens is 344 g/mol. The molecule has 0 atom stereocenters. The van der Waals surface area contributed by atoms with Gasteiger partial charge in [0.15, 0.2) is 0 Å². The van der Waals surface area contributed by atoms with E-state index in [4.69, 9.17) is 11.6 Å². The Kier molecular flexibility index (Phi) is 4.97. The number of thiazole rings is 1. The number of rotatable bonds is 5. The van der Waals surface area contributed by atoms with E-state index in [1.165, 1.54) is 0 Å². The molecule has 5 nitrogen and oxygen atoms in total. The first-order valence-corrected chi connectivity index (χ1v) is 8.82. The van der Waals surface area contributed by atoms with Crippen LogP contribution in [0.4, 0.5) is 0 Å². The molecule has 0 saturated heterocycles. The Bertz CT molecular complexity index is 856. The first kappa shape index (κ1) is 16.7. The monoisotopic (exact) mass is 360 g/mol. The highest BCUT2D eigenvalue weighted by molar-refractivity contribution is 7.09. The summed E-state index contributed by atoms with van der Waals surface area (Å²) in [5, 5.41) is 13.5. The van der Waals surface area contributed by atoms with Gasteiger partial charge >= 0.3 is 0 Å². The second-order valence-electron chi connectivity index (χ2n) is 5.69. The number of halogens is 1. The van der Waals surface area contributed by atoms with E-state index >= 15 is 0 Å². The van der Waals surface area contributed by atoms with Gasteiger partial charge in [0.1, 0.15) is 5.69 Å². The van der Waals surface area contributed by atoms with Gasteiger partial charge < -0.3 is 5.32 Å². The van der Waals surface area contributed by atoms with Crippen LogP contribution in [0.1, 0.15) is 41.0 Å². The maximum absolute atomic E-state index is 12.2. The van der Waals surface area contributed by atoms with Crippen molar-refractivity contribution in [1.82, 2.24) is 20.5 Å². The van der Waals surface area contributed by atoms with E-state index < -0.39 is 0 Å². The molecule has 2 aromatic heterocycles. The minimum Gasteiger partial charge on any atom is -0.345 e. The highest BCUT2D eigenvalue weighted by atomic mass is 35.5. The van der Waals surface area contributed by atoms with Crippen LogP contribution in [-0.2, 0) is 6.54 Å². The zero-order valence-corrected chi connectivity index (χ0v) is 14.9. The Morgan fingerprint density at radius 2 is 2.21 bits per heavy atom. The fourth-order valence-corrected chi connectivity index (χ4v) is 3.19. The third-order valence-electron chi connectivity index (χ3n) is 3.44. The number of carbonyl (C=O) groups excluding carboxylic acids is 1. The van der Waals surface area contributed by atoms with E-state index in [2.05, 4.69) is 34.3 Å². The molecule has 1 amide bonds. The lowest BCUT2D eigenvalue weighted by molar-refractivity contribution is 0.0945. The highest BCUT2D eigenvalue weighted by Gasteiger charge is 2.12. The number of aromatic nitrogens is 3. The third kappa shape index (κ3) is 3.83. The summed E-state index contributed by atoms with van der Waals surface area (Å²) in [5.41, 5.74) is 2.81. The molecule has 3 aromatic rings. The molecule has 0 saturated carbocycles. The lowest BCUT2D eigenvalue weighted by atomic mass is 10.1. The zero-order chi connectivity index (χ0) is 17.1. The Morgan fingerprint density at radius 3 is 2.92 bits per heavy atom. The number of benzene rings is 1. The summed E-state index contributed by atoms with van der Waals surface area (Å²) in [6, 6.07) is 9.06. The van der Waals surface area contributed by atoms with Crippen molar-refractivity contribution in [2.45, 2.75) is 26.3 Å². The minimum atomic E-state index is -0.213. The van der Waals surface area contributed by atoms with Crippen LogP contribution in [0.3, 0.4) is 0 Å². The molecular formula is C17H17ClN4OS. The number of amides is 1. The topological polar surface area (TPSA) is 70.7 Å². The standard InChI is InChI=1S/C17H17ClN4OS/c1-10(2)17-20-13(9-24-17)8-19-16(23)15-7-14(21-22-15)11-4-3-5-12(18)6-11/h3-7,9-10H,8H2,1-2H3,(H,19,23)(H,21,22). The molecule has 0 fully saturated rings. The number of H-pyrrole nitrogens is 1. The van der Waals surface area contributed by atoms with E-state index in [1.54, 1.807) is 23.5 Å². The third-order valence-corrected chi connectivity index (χ3v) is 4.87. The van der Waals surface area contributed by atoms with E-state index in [9.17, 15) is 4.79 Å². The molecule has 0 bridgehead atoms. The Morgan fingerprint density at radius 1 is 1.38 bits per heavy atom.